The van der Waals surface area contributed by atoms with Crippen molar-refractivity contribution in [3.63, 3.8) is 0 Å². The van der Waals surface area contributed by atoms with E-state index in [-0.39, 0.29) is 17.9 Å². The summed E-state index contributed by atoms with van der Waals surface area (Å²) >= 11 is 7.27. The molecule has 0 aromatic carbocycles. The molecule has 0 bridgehead atoms. The van der Waals surface area contributed by atoms with Crippen LogP contribution in [0.25, 0.3) is 11.1 Å². The second-order valence-electron chi connectivity index (χ2n) is 7.85. The summed E-state index contributed by atoms with van der Waals surface area (Å²) in [5.74, 6) is 0.445. The molecular formula is C22H24ClN5O4S. The molecule has 9 nitrogen and oxygen atoms in total. The Morgan fingerprint density at radius 2 is 1.97 bits per heavy atom. The molecule has 3 aromatic rings. The lowest BCUT2D eigenvalue weighted by atomic mass is 9.88. The molecule has 0 aliphatic heterocycles. The van der Waals surface area contributed by atoms with Gasteiger partial charge >= 0.3 is 0 Å². The molecule has 11 heteroatoms. The number of rotatable bonds is 7. The predicted octanol–water partition coefficient (Wildman–Crippen LogP) is 4.15. The van der Waals surface area contributed by atoms with Crippen molar-refractivity contribution < 1.29 is 19.4 Å². The summed E-state index contributed by atoms with van der Waals surface area (Å²) in [6, 6.07) is 3.44. The topological polar surface area (TPSA) is 119 Å². The van der Waals surface area contributed by atoms with Crippen molar-refractivity contribution in [1.82, 2.24) is 20.2 Å². The highest BCUT2D eigenvalue weighted by Gasteiger charge is 2.24. The lowest BCUT2D eigenvalue weighted by Crippen LogP contribution is -2.25. The summed E-state index contributed by atoms with van der Waals surface area (Å²) in [5.41, 5.74) is 2.32. The van der Waals surface area contributed by atoms with E-state index in [1.807, 2.05) is 6.92 Å². The van der Waals surface area contributed by atoms with Crippen molar-refractivity contribution in [3.8, 4) is 22.1 Å². The van der Waals surface area contributed by atoms with E-state index >= 15 is 0 Å². The van der Waals surface area contributed by atoms with Gasteiger partial charge < -0.3 is 14.6 Å². The molecule has 0 unspecified atom stereocenters. The average molecular weight is 490 g/mol. The zero-order chi connectivity index (χ0) is 23.4. The zero-order valence-electron chi connectivity index (χ0n) is 18.2. The maximum absolute atomic E-state index is 13.1. The van der Waals surface area contributed by atoms with Crippen molar-refractivity contribution in [2.45, 2.75) is 38.7 Å². The van der Waals surface area contributed by atoms with Crippen LogP contribution < -0.4 is 14.8 Å². The van der Waals surface area contributed by atoms with Gasteiger partial charge in [0.1, 0.15) is 17.0 Å². The van der Waals surface area contributed by atoms with E-state index in [1.165, 1.54) is 30.8 Å². The first-order valence-electron chi connectivity index (χ1n) is 10.6. The number of aryl methyl sites for hydroxylation is 1. The maximum Gasteiger partial charge on any atom is 0.296 e. The molecule has 1 aliphatic rings. The molecular weight excluding hydrogens is 466 g/mol. The molecule has 0 radical (unpaired) electrons. The van der Waals surface area contributed by atoms with Gasteiger partial charge in [0.2, 0.25) is 5.13 Å². The Balaban J connectivity index is 1.51. The molecule has 174 valence electrons. The standard InChI is InChI=1S/C22H24ClN5O4S/c1-12-7-15(16-8-19(23)25-10-18(16)31-2)17(9-24-12)20(30)26-21-27-28-22(33-21)32-14-5-3-13(11-29)4-6-14/h7-10,13-14,29H,3-6,11H2,1-2H3,(H,26,27,30)/t13-,14+. The van der Waals surface area contributed by atoms with Gasteiger partial charge in [-0.2, -0.15) is 0 Å². The Morgan fingerprint density at radius 1 is 1.18 bits per heavy atom. The normalized spacial score (nSPS) is 18.1. The molecule has 33 heavy (non-hydrogen) atoms. The second kappa shape index (κ2) is 10.4. The highest BCUT2D eigenvalue weighted by Crippen LogP contribution is 2.35. The maximum atomic E-state index is 13.1. The third kappa shape index (κ3) is 5.58. The molecule has 3 aromatic heterocycles. The van der Waals surface area contributed by atoms with Crippen LogP contribution in [0.5, 0.6) is 10.9 Å². The van der Waals surface area contributed by atoms with Gasteiger partial charge in [0.25, 0.3) is 11.1 Å². The van der Waals surface area contributed by atoms with Gasteiger partial charge in [-0.15, -0.1) is 5.10 Å². The van der Waals surface area contributed by atoms with Crippen molar-refractivity contribution in [2.24, 2.45) is 5.92 Å². The number of methoxy groups -OCH3 is 1. The van der Waals surface area contributed by atoms with Crippen LogP contribution >= 0.6 is 22.9 Å². The number of ether oxygens (including phenoxy) is 2. The molecule has 1 amide bonds. The fraction of sp³-hybridized carbons (Fsp3) is 0.409. The minimum atomic E-state index is -0.390. The number of hydrogen-bond donors (Lipinski definition) is 2. The monoisotopic (exact) mass is 489 g/mol. The third-order valence-electron chi connectivity index (χ3n) is 5.58. The van der Waals surface area contributed by atoms with Gasteiger partial charge in [-0.1, -0.05) is 16.7 Å². The summed E-state index contributed by atoms with van der Waals surface area (Å²) in [4.78, 5) is 21.4. The number of aliphatic hydroxyl groups excluding tert-OH is 1. The Hall–Kier alpha value is -2.82. The van der Waals surface area contributed by atoms with Crippen LogP contribution in [0.4, 0.5) is 5.13 Å². The van der Waals surface area contributed by atoms with E-state index in [1.54, 1.807) is 12.1 Å². The van der Waals surface area contributed by atoms with Crippen LogP contribution in [0, 0.1) is 12.8 Å². The minimum absolute atomic E-state index is 0.0427. The predicted molar refractivity (Wildman–Crippen MR) is 125 cm³/mol. The minimum Gasteiger partial charge on any atom is -0.494 e. The largest absolute Gasteiger partial charge is 0.494 e. The molecule has 1 saturated carbocycles. The third-order valence-corrected chi connectivity index (χ3v) is 6.51. The second-order valence-corrected chi connectivity index (χ2v) is 9.18. The number of nitrogens with zero attached hydrogens (tertiary/aromatic N) is 4. The van der Waals surface area contributed by atoms with Gasteiger partial charge in [0.05, 0.1) is 18.9 Å². The SMILES string of the molecule is COc1cnc(Cl)cc1-c1cc(C)ncc1C(=O)Nc1nnc(O[C@H]2CC[C@@H](CO)CC2)s1. The Bertz CT molecular complexity index is 1130. The summed E-state index contributed by atoms with van der Waals surface area (Å²) in [7, 11) is 1.53. The van der Waals surface area contributed by atoms with Gasteiger partial charge in [0, 0.05) is 29.6 Å². The number of halogens is 1. The van der Waals surface area contributed by atoms with E-state index in [4.69, 9.17) is 21.1 Å². The zero-order valence-corrected chi connectivity index (χ0v) is 19.8. The number of nitrogens with one attached hydrogen (secondary N) is 1. The molecule has 2 N–H and O–H groups in total. The fourth-order valence-electron chi connectivity index (χ4n) is 3.80. The fourth-order valence-corrected chi connectivity index (χ4v) is 4.62. The summed E-state index contributed by atoms with van der Waals surface area (Å²) < 4.78 is 11.3. The molecule has 0 atom stereocenters. The van der Waals surface area contributed by atoms with Gasteiger partial charge in [-0.05, 0) is 62.0 Å². The molecule has 1 aliphatic carbocycles. The molecule has 0 saturated heterocycles. The highest BCUT2D eigenvalue weighted by molar-refractivity contribution is 7.17. The smallest absolute Gasteiger partial charge is 0.296 e. The first-order chi connectivity index (χ1) is 16.0. The number of anilines is 1. The van der Waals surface area contributed by atoms with Crippen LogP contribution in [0.3, 0.4) is 0 Å². The van der Waals surface area contributed by atoms with Crippen molar-refractivity contribution >= 4 is 34.0 Å². The summed E-state index contributed by atoms with van der Waals surface area (Å²) in [6.45, 7) is 2.05. The molecule has 3 heterocycles. The van der Waals surface area contributed by atoms with Crippen molar-refractivity contribution in [2.75, 3.05) is 19.0 Å². The molecule has 4 rings (SSSR count). The Labute approximate surface area is 200 Å². The van der Waals surface area contributed by atoms with Gasteiger partial charge in [-0.25, -0.2) is 4.98 Å². The Morgan fingerprint density at radius 3 is 2.70 bits per heavy atom. The van der Waals surface area contributed by atoms with E-state index in [9.17, 15) is 9.90 Å². The first-order valence-corrected chi connectivity index (χ1v) is 11.7. The molecule has 0 spiro atoms. The van der Waals surface area contributed by atoms with E-state index in [0.717, 1.165) is 31.4 Å². The number of pyridine rings is 2. The van der Waals surface area contributed by atoms with Crippen LogP contribution in [-0.4, -0.2) is 51.0 Å². The van der Waals surface area contributed by atoms with Crippen LogP contribution in [0.2, 0.25) is 5.15 Å². The number of carbonyl (C=O) groups excluding carboxylic acids is 1. The quantitative estimate of drug-likeness (QED) is 0.475. The Kier molecular flexibility index (Phi) is 7.36. The summed E-state index contributed by atoms with van der Waals surface area (Å²) in [5, 5.41) is 21.2. The highest BCUT2D eigenvalue weighted by atomic mass is 35.5. The van der Waals surface area contributed by atoms with Gasteiger partial charge in [0.15, 0.2) is 0 Å². The average Bonchev–Trinajstić information content (AvgIpc) is 3.25. The van der Waals surface area contributed by atoms with E-state index < -0.39 is 5.91 Å². The van der Waals surface area contributed by atoms with Crippen molar-refractivity contribution in [1.29, 1.82) is 0 Å². The summed E-state index contributed by atoms with van der Waals surface area (Å²) in [6.07, 6.45) is 6.64. The van der Waals surface area contributed by atoms with Gasteiger partial charge in [-0.3, -0.25) is 15.1 Å². The van der Waals surface area contributed by atoms with Crippen LogP contribution in [0.1, 0.15) is 41.7 Å². The number of hydrogen-bond acceptors (Lipinski definition) is 9. The lowest BCUT2D eigenvalue weighted by Gasteiger charge is -2.26. The van der Waals surface area contributed by atoms with E-state index in [2.05, 4.69) is 25.5 Å². The number of aliphatic hydroxyl groups is 1. The van der Waals surface area contributed by atoms with Crippen LogP contribution in [0.15, 0.2) is 24.5 Å². The first kappa shape index (κ1) is 23.3. The van der Waals surface area contributed by atoms with E-state index in [0.29, 0.717) is 38.7 Å². The van der Waals surface area contributed by atoms with Crippen LogP contribution in [-0.2, 0) is 0 Å². The number of carbonyl (C=O) groups is 1. The lowest BCUT2D eigenvalue weighted by molar-refractivity contribution is 0.102. The van der Waals surface area contributed by atoms with Crippen molar-refractivity contribution in [3.05, 3.63) is 40.9 Å². The number of amides is 1. The molecule has 1 fully saturated rings. The number of aromatic nitrogens is 4.